The molecule has 2 atom stereocenters. The lowest BCUT2D eigenvalue weighted by atomic mass is 10.0. The lowest BCUT2D eigenvalue weighted by Crippen LogP contribution is -2.42. The monoisotopic (exact) mass is 559 g/mol. The molecule has 0 radical (unpaired) electrons. The van der Waals surface area contributed by atoms with Gasteiger partial charge >= 0.3 is 6.09 Å². The van der Waals surface area contributed by atoms with Gasteiger partial charge in [-0.3, -0.25) is 9.59 Å². The van der Waals surface area contributed by atoms with E-state index in [4.69, 9.17) is 9.47 Å². The maximum Gasteiger partial charge on any atom is 0.407 e. The molecule has 0 spiro atoms. The molecular weight excluding hydrogens is 525 g/mol. The number of aromatic nitrogens is 1. The predicted octanol–water partition coefficient (Wildman–Crippen LogP) is 5.35. The number of amides is 1. The number of aromatic hydroxyl groups is 1. The van der Waals surface area contributed by atoms with Gasteiger partial charge in [-0.2, -0.15) is 0 Å². The van der Waals surface area contributed by atoms with Crippen LogP contribution in [0.15, 0.2) is 10.9 Å². The summed E-state index contributed by atoms with van der Waals surface area (Å²) in [5.41, 5.74) is -0.414. The van der Waals surface area contributed by atoms with E-state index < -0.39 is 22.9 Å². The third kappa shape index (κ3) is 4.81. The molecule has 1 aromatic carbocycles. The summed E-state index contributed by atoms with van der Waals surface area (Å²) in [5.74, 6) is -0.996. The third-order valence-electron chi connectivity index (χ3n) is 7.41. The second-order valence-electron chi connectivity index (χ2n) is 11.5. The quantitative estimate of drug-likeness (QED) is 0.392. The number of pyridine rings is 1. The summed E-state index contributed by atoms with van der Waals surface area (Å²) in [5, 5.41) is 13.8. The molecule has 1 aliphatic carbocycles. The fourth-order valence-electron chi connectivity index (χ4n) is 5.46. The Morgan fingerprint density at radius 2 is 1.95 bits per heavy atom. The molecule has 5 rings (SSSR count). The van der Waals surface area contributed by atoms with Crippen LogP contribution in [0.1, 0.15) is 69.6 Å². The molecule has 1 saturated carbocycles. The standard InChI is InChI=1S/C28H34FN3O6S/c1-13(30-27(36)38-28(3,4)5)15-9-10-31(12-15)21-18(29)11-17-20(24(21)37-6)32(16-7-8-16)26-19(22(17)34)23(35)25(39-26)14(2)33/h11,13,15-16,35H,7-10,12H2,1-6H3,(H,30,36)/t13-,15+/m0/s1. The van der Waals surface area contributed by atoms with Gasteiger partial charge in [0.25, 0.3) is 0 Å². The van der Waals surface area contributed by atoms with Crippen molar-refractivity contribution in [2.75, 3.05) is 25.1 Å². The number of carbonyl (C=O) groups is 2. The molecule has 0 unspecified atom stereocenters. The molecule has 3 heterocycles. The fourth-order valence-corrected chi connectivity index (χ4v) is 6.62. The van der Waals surface area contributed by atoms with Crippen LogP contribution in [0.2, 0.25) is 0 Å². The van der Waals surface area contributed by atoms with Gasteiger partial charge in [-0.05, 0) is 58.9 Å². The lowest BCUT2D eigenvalue weighted by molar-refractivity contribution is 0.0494. The normalized spacial score (nSPS) is 18.5. The van der Waals surface area contributed by atoms with Crippen molar-refractivity contribution in [3.8, 4) is 11.5 Å². The number of benzene rings is 1. The summed E-state index contributed by atoms with van der Waals surface area (Å²) in [4.78, 5) is 40.5. The van der Waals surface area contributed by atoms with Gasteiger partial charge in [0.2, 0.25) is 5.43 Å². The minimum Gasteiger partial charge on any atom is -0.505 e. The first kappa shape index (κ1) is 27.2. The number of ketones is 1. The molecule has 9 nitrogen and oxygen atoms in total. The van der Waals surface area contributed by atoms with Gasteiger partial charge < -0.3 is 29.4 Å². The number of rotatable bonds is 6. The first-order valence-corrected chi connectivity index (χ1v) is 14.0. The second-order valence-corrected chi connectivity index (χ2v) is 12.5. The Morgan fingerprint density at radius 3 is 2.54 bits per heavy atom. The zero-order valence-electron chi connectivity index (χ0n) is 23.0. The summed E-state index contributed by atoms with van der Waals surface area (Å²) in [6.07, 6.45) is 1.93. The molecule has 2 aliphatic rings. The number of carbonyl (C=O) groups excluding carboxylic acids is 2. The summed E-state index contributed by atoms with van der Waals surface area (Å²) in [7, 11) is 1.46. The minimum absolute atomic E-state index is 0.0396. The van der Waals surface area contributed by atoms with Crippen molar-refractivity contribution in [1.82, 2.24) is 9.88 Å². The Kier molecular flexibility index (Phi) is 6.77. The number of halogens is 1. The number of fused-ring (bicyclic) bond motifs is 2. The van der Waals surface area contributed by atoms with Crippen molar-refractivity contribution in [3.05, 3.63) is 27.0 Å². The van der Waals surface area contributed by atoms with Gasteiger partial charge in [-0.15, -0.1) is 11.3 Å². The molecule has 1 aliphatic heterocycles. The molecule has 210 valence electrons. The van der Waals surface area contributed by atoms with Crippen molar-refractivity contribution in [3.63, 3.8) is 0 Å². The maximum absolute atomic E-state index is 15.8. The zero-order chi connectivity index (χ0) is 28.4. The molecule has 1 saturated heterocycles. The SMILES string of the molecule is COc1c(N2CC[C@@H]([C@H](C)NC(=O)OC(C)(C)C)C2)c(F)cc2c(=O)c3c(O)c(C(C)=O)sc3n(C3CC3)c12. The van der Waals surface area contributed by atoms with Crippen LogP contribution in [0.5, 0.6) is 11.5 Å². The van der Waals surface area contributed by atoms with E-state index in [9.17, 15) is 19.5 Å². The van der Waals surface area contributed by atoms with Crippen molar-refractivity contribution < 1.29 is 28.6 Å². The van der Waals surface area contributed by atoms with E-state index in [2.05, 4.69) is 5.32 Å². The number of Topliss-reactive ketones (excluding diaryl/α,β-unsaturated/α-hetero) is 1. The Bertz CT molecular complexity index is 1550. The van der Waals surface area contributed by atoms with E-state index in [0.717, 1.165) is 24.2 Å². The van der Waals surface area contributed by atoms with E-state index in [0.29, 0.717) is 29.9 Å². The van der Waals surface area contributed by atoms with Crippen LogP contribution in [0.4, 0.5) is 14.9 Å². The number of ether oxygens (including phenoxy) is 2. The number of methoxy groups -OCH3 is 1. The molecule has 11 heteroatoms. The van der Waals surface area contributed by atoms with E-state index >= 15 is 4.39 Å². The average Bonchev–Trinajstić information content (AvgIpc) is 3.43. The highest BCUT2D eigenvalue weighted by Crippen LogP contribution is 2.49. The van der Waals surface area contributed by atoms with E-state index in [1.165, 1.54) is 20.1 Å². The maximum atomic E-state index is 15.8. The Hall–Kier alpha value is -3.34. The highest BCUT2D eigenvalue weighted by atomic mass is 32.1. The smallest absolute Gasteiger partial charge is 0.407 e. The first-order chi connectivity index (χ1) is 18.3. The Labute approximate surface area is 229 Å². The van der Waals surface area contributed by atoms with E-state index in [1.54, 1.807) is 20.8 Å². The molecule has 1 amide bonds. The van der Waals surface area contributed by atoms with Gasteiger partial charge in [0.15, 0.2) is 23.1 Å². The third-order valence-corrected chi connectivity index (χ3v) is 8.69. The fraction of sp³-hybridized carbons (Fsp3) is 0.536. The number of nitrogens with zero attached hydrogens (tertiary/aromatic N) is 2. The van der Waals surface area contributed by atoms with Crippen LogP contribution in [0.25, 0.3) is 21.1 Å². The summed E-state index contributed by atoms with van der Waals surface area (Å²) in [6, 6.07) is 1.06. The number of thiophene rings is 1. The molecule has 2 fully saturated rings. The highest BCUT2D eigenvalue weighted by Gasteiger charge is 2.36. The number of hydrogen-bond acceptors (Lipinski definition) is 8. The van der Waals surface area contributed by atoms with Gasteiger partial charge in [-0.25, -0.2) is 9.18 Å². The van der Waals surface area contributed by atoms with Crippen LogP contribution < -0.4 is 20.4 Å². The molecule has 2 N–H and O–H groups in total. The van der Waals surface area contributed by atoms with Crippen LogP contribution in [-0.4, -0.2) is 53.4 Å². The van der Waals surface area contributed by atoms with Crippen LogP contribution >= 0.6 is 11.3 Å². The van der Waals surface area contributed by atoms with Gasteiger partial charge in [-0.1, -0.05) is 0 Å². The Morgan fingerprint density at radius 1 is 1.26 bits per heavy atom. The van der Waals surface area contributed by atoms with Crippen LogP contribution in [-0.2, 0) is 4.74 Å². The molecule has 39 heavy (non-hydrogen) atoms. The lowest BCUT2D eigenvalue weighted by Gasteiger charge is -2.27. The average molecular weight is 560 g/mol. The molecular formula is C28H34FN3O6S. The zero-order valence-corrected chi connectivity index (χ0v) is 23.8. The predicted molar refractivity (Wildman–Crippen MR) is 149 cm³/mol. The van der Waals surface area contributed by atoms with Gasteiger partial charge in [0.05, 0.1) is 18.0 Å². The van der Waals surface area contributed by atoms with Crippen LogP contribution in [0.3, 0.4) is 0 Å². The highest BCUT2D eigenvalue weighted by molar-refractivity contribution is 7.21. The van der Waals surface area contributed by atoms with Gasteiger partial charge in [0, 0.05) is 32.1 Å². The largest absolute Gasteiger partial charge is 0.505 e. The van der Waals surface area contributed by atoms with Crippen LogP contribution in [0, 0.1) is 11.7 Å². The molecule has 3 aromatic rings. The number of alkyl carbamates (subject to hydrolysis) is 1. The second kappa shape index (κ2) is 9.69. The summed E-state index contributed by atoms with van der Waals surface area (Å²) < 4.78 is 29.0. The molecule has 2 aromatic heterocycles. The van der Waals surface area contributed by atoms with Crippen molar-refractivity contribution in [1.29, 1.82) is 0 Å². The van der Waals surface area contributed by atoms with Gasteiger partial charge in [0.1, 0.15) is 26.4 Å². The summed E-state index contributed by atoms with van der Waals surface area (Å²) in [6.45, 7) is 9.67. The first-order valence-electron chi connectivity index (χ1n) is 13.2. The van der Waals surface area contributed by atoms with E-state index in [-0.39, 0.29) is 56.6 Å². The number of nitrogens with one attached hydrogen (secondary N) is 1. The minimum atomic E-state index is -0.611. The molecule has 0 bridgehead atoms. The van der Waals surface area contributed by atoms with Crippen molar-refractivity contribution in [2.24, 2.45) is 5.92 Å². The van der Waals surface area contributed by atoms with Crippen molar-refractivity contribution >= 4 is 50.0 Å². The topological polar surface area (TPSA) is 110 Å². The number of hydrogen-bond donors (Lipinski definition) is 2. The Balaban J connectivity index is 1.59. The van der Waals surface area contributed by atoms with E-state index in [1.807, 2.05) is 16.4 Å². The van der Waals surface area contributed by atoms with Crippen molar-refractivity contribution in [2.45, 2.75) is 71.6 Å². The summed E-state index contributed by atoms with van der Waals surface area (Å²) >= 11 is 1.08. The number of anilines is 1.